The van der Waals surface area contributed by atoms with E-state index < -0.39 is 23.2 Å². The van der Waals surface area contributed by atoms with E-state index >= 15 is 0 Å². The van der Waals surface area contributed by atoms with Crippen LogP contribution in [-0.2, 0) is 9.47 Å². The van der Waals surface area contributed by atoms with Crippen LogP contribution in [0.3, 0.4) is 0 Å². The van der Waals surface area contributed by atoms with Crippen LogP contribution in [0.25, 0.3) is 16.5 Å². The average Bonchev–Trinajstić information content (AvgIpc) is 3.04. The Morgan fingerprint density at radius 2 is 2.03 bits per heavy atom. The highest BCUT2D eigenvalue weighted by molar-refractivity contribution is 7.16. The molecule has 10 heteroatoms. The number of halogens is 1. The Kier molecular flexibility index (Phi) is 6.14. The van der Waals surface area contributed by atoms with Crippen molar-refractivity contribution in [2.45, 2.75) is 33.3 Å². The number of carbonyl (C=O) groups is 2. The number of hydrogen-bond acceptors (Lipinski definition) is 7. The molecule has 0 spiro atoms. The molecule has 0 aliphatic carbocycles. The summed E-state index contributed by atoms with van der Waals surface area (Å²) < 4.78 is 11.4. The molecule has 30 heavy (non-hydrogen) atoms. The Morgan fingerprint density at radius 3 is 2.67 bits per heavy atom. The van der Waals surface area contributed by atoms with Gasteiger partial charge >= 0.3 is 12.1 Å². The number of aromatic nitrogens is 2. The molecule has 3 aromatic rings. The first-order valence-corrected chi connectivity index (χ1v) is 10.3. The molecule has 1 amide bonds. The molecule has 158 valence electrons. The number of amides is 1. The van der Waals surface area contributed by atoms with Crippen LogP contribution < -0.4 is 10.9 Å². The minimum Gasteiger partial charge on any atom is -0.461 e. The van der Waals surface area contributed by atoms with Crippen molar-refractivity contribution in [2.75, 3.05) is 11.9 Å². The first-order valence-electron chi connectivity index (χ1n) is 9.08. The zero-order valence-electron chi connectivity index (χ0n) is 16.8. The number of carbonyl (C=O) groups excluding carboxylic acids is 2. The lowest BCUT2D eigenvalue weighted by Crippen LogP contribution is -2.28. The standard InChI is InChI=1S/C20H20ClN3O5S/c1-5-28-18(26)15-13-10-30-16(22-19(27)29-20(2,3)4)14(13)17(25)24(23-15)12-8-6-7-11(21)9-12/h6-10H,5H2,1-4H3,(H,22,27). The maximum absolute atomic E-state index is 13.2. The van der Waals surface area contributed by atoms with Crippen molar-refractivity contribution < 1.29 is 19.1 Å². The number of esters is 1. The molecule has 0 aliphatic heterocycles. The second-order valence-electron chi connectivity index (χ2n) is 7.25. The molecular formula is C20H20ClN3O5S. The van der Waals surface area contributed by atoms with Crippen molar-refractivity contribution in [1.82, 2.24) is 9.78 Å². The molecule has 2 heterocycles. The summed E-state index contributed by atoms with van der Waals surface area (Å²) in [5.74, 6) is -0.681. The van der Waals surface area contributed by atoms with Crippen LogP contribution in [0.2, 0.25) is 5.02 Å². The molecule has 0 radical (unpaired) electrons. The van der Waals surface area contributed by atoms with Crippen molar-refractivity contribution >= 4 is 50.8 Å². The fraction of sp³-hybridized carbons (Fsp3) is 0.300. The molecule has 1 aromatic carbocycles. The lowest BCUT2D eigenvalue weighted by molar-refractivity contribution is 0.0519. The summed E-state index contributed by atoms with van der Waals surface area (Å²) in [6, 6.07) is 6.49. The van der Waals surface area contributed by atoms with Crippen molar-refractivity contribution in [3.05, 3.63) is 50.7 Å². The van der Waals surface area contributed by atoms with Gasteiger partial charge in [-0.1, -0.05) is 17.7 Å². The zero-order valence-corrected chi connectivity index (χ0v) is 18.4. The van der Waals surface area contributed by atoms with Gasteiger partial charge in [-0.05, 0) is 45.9 Å². The van der Waals surface area contributed by atoms with Crippen molar-refractivity contribution in [1.29, 1.82) is 0 Å². The van der Waals surface area contributed by atoms with E-state index in [-0.39, 0.29) is 28.1 Å². The smallest absolute Gasteiger partial charge is 0.412 e. The number of rotatable bonds is 4. The van der Waals surface area contributed by atoms with E-state index in [4.69, 9.17) is 21.1 Å². The Bertz CT molecular complexity index is 1180. The summed E-state index contributed by atoms with van der Waals surface area (Å²) in [6.45, 7) is 7.01. The predicted molar refractivity (Wildman–Crippen MR) is 116 cm³/mol. The van der Waals surface area contributed by atoms with Gasteiger partial charge < -0.3 is 9.47 Å². The summed E-state index contributed by atoms with van der Waals surface area (Å²) in [5.41, 5.74) is -0.905. The highest BCUT2D eigenvalue weighted by Crippen LogP contribution is 2.31. The summed E-state index contributed by atoms with van der Waals surface area (Å²) in [6.07, 6.45) is -0.713. The van der Waals surface area contributed by atoms with E-state index in [0.717, 1.165) is 16.0 Å². The largest absolute Gasteiger partial charge is 0.461 e. The normalized spacial score (nSPS) is 11.4. The number of ether oxygens (including phenoxy) is 2. The Hall–Kier alpha value is -2.91. The highest BCUT2D eigenvalue weighted by Gasteiger charge is 2.24. The third-order valence-electron chi connectivity index (χ3n) is 3.79. The van der Waals surface area contributed by atoms with Gasteiger partial charge in [0.05, 0.1) is 17.7 Å². The van der Waals surface area contributed by atoms with Crippen molar-refractivity contribution in [2.24, 2.45) is 0 Å². The lowest BCUT2D eigenvalue weighted by Gasteiger charge is -2.19. The SMILES string of the molecule is CCOC(=O)c1nn(-c2cccc(Cl)c2)c(=O)c2c(NC(=O)OC(C)(C)C)scc12. The van der Waals surface area contributed by atoms with Crippen LogP contribution in [0, 0.1) is 0 Å². The van der Waals surface area contributed by atoms with E-state index in [2.05, 4.69) is 10.4 Å². The summed E-state index contributed by atoms with van der Waals surface area (Å²) >= 11 is 7.14. The maximum Gasteiger partial charge on any atom is 0.412 e. The van der Waals surface area contributed by atoms with Gasteiger partial charge in [-0.2, -0.15) is 9.78 Å². The maximum atomic E-state index is 13.2. The van der Waals surface area contributed by atoms with Crippen LogP contribution in [0.4, 0.5) is 9.80 Å². The van der Waals surface area contributed by atoms with Gasteiger partial charge in [0, 0.05) is 15.8 Å². The molecule has 0 atom stereocenters. The molecule has 2 aromatic heterocycles. The third-order valence-corrected chi connectivity index (χ3v) is 4.92. The quantitative estimate of drug-likeness (QED) is 0.583. The van der Waals surface area contributed by atoms with Crippen LogP contribution in [0.15, 0.2) is 34.4 Å². The molecule has 0 aliphatic rings. The molecular weight excluding hydrogens is 430 g/mol. The second kappa shape index (κ2) is 8.45. The van der Waals surface area contributed by atoms with Crippen LogP contribution in [-0.4, -0.2) is 34.1 Å². The lowest BCUT2D eigenvalue weighted by atomic mass is 10.2. The van der Waals surface area contributed by atoms with Crippen molar-refractivity contribution in [3.8, 4) is 5.69 Å². The van der Waals surface area contributed by atoms with Gasteiger partial charge in [0.15, 0.2) is 5.69 Å². The van der Waals surface area contributed by atoms with Gasteiger partial charge in [-0.15, -0.1) is 11.3 Å². The Balaban J connectivity index is 2.20. The molecule has 0 unspecified atom stereocenters. The summed E-state index contributed by atoms with van der Waals surface area (Å²) in [5, 5.41) is 9.44. The average molecular weight is 450 g/mol. The molecule has 0 saturated carbocycles. The Morgan fingerprint density at radius 1 is 1.30 bits per heavy atom. The second-order valence-corrected chi connectivity index (χ2v) is 8.56. The fourth-order valence-electron chi connectivity index (χ4n) is 2.67. The number of benzene rings is 1. The summed E-state index contributed by atoms with van der Waals surface area (Å²) in [7, 11) is 0. The third kappa shape index (κ3) is 4.63. The van der Waals surface area contributed by atoms with E-state index in [1.54, 1.807) is 57.3 Å². The highest BCUT2D eigenvalue weighted by atomic mass is 35.5. The first-order chi connectivity index (χ1) is 14.1. The van der Waals surface area contributed by atoms with Gasteiger partial charge in [-0.3, -0.25) is 10.1 Å². The van der Waals surface area contributed by atoms with E-state index in [0.29, 0.717) is 10.7 Å². The van der Waals surface area contributed by atoms with Gasteiger partial charge in [0.2, 0.25) is 0 Å². The number of hydrogen-bond donors (Lipinski definition) is 1. The zero-order chi connectivity index (χ0) is 22.1. The number of anilines is 1. The minimum absolute atomic E-state index is 0.0417. The number of nitrogens with one attached hydrogen (secondary N) is 1. The Labute approximate surface area is 181 Å². The molecule has 0 bridgehead atoms. The predicted octanol–water partition coefficient (Wildman–Crippen LogP) is 4.62. The van der Waals surface area contributed by atoms with Crippen LogP contribution in [0.5, 0.6) is 0 Å². The van der Waals surface area contributed by atoms with Gasteiger partial charge in [0.25, 0.3) is 5.56 Å². The fourth-order valence-corrected chi connectivity index (χ4v) is 3.78. The molecule has 0 fully saturated rings. The molecule has 1 N–H and O–H groups in total. The minimum atomic E-state index is -0.713. The first kappa shape index (κ1) is 21.8. The van der Waals surface area contributed by atoms with Gasteiger partial charge in [0.1, 0.15) is 10.6 Å². The number of fused-ring (bicyclic) bond motifs is 1. The van der Waals surface area contributed by atoms with Gasteiger partial charge in [-0.25, -0.2) is 9.59 Å². The number of thiophene rings is 1. The summed E-state index contributed by atoms with van der Waals surface area (Å²) in [4.78, 5) is 38.0. The van der Waals surface area contributed by atoms with E-state index in [1.807, 2.05) is 0 Å². The van der Waals surface area contributed by atoms with Crippen LogP contribution >= 0.6 is 22.9 Å². The number of nitrogens with zero attached hydrogens (tertiary/aromatic N) is 2. The molecule has 8 nitrogen and oxygen atoms in total. The van der Waals surface area contributed by atoms with Crippen molar-refractivity contribution in [3.63, 3.8) is 0 Å². The van der Waals surface area contributed by atoms with E-state index in [1.165, 1.54) is 0 Å². The van der Waals surface area contributed by atoms with E-state index in [9.17, 15) is 14.4 Å². The molecule has 3 rings (SSSR count). The molecule has 0 saturated heterocycles. The topological polar surface area (TPSA) is 99.5 Å². The van der Waals surface area contributed by atoms with Crippen LogP contribution in [0.1, 0.15) is 38.2 Å². The monoisotopic (exact) mass is 449 g/mol.